The van der Waals surface area contributed by atoms with Crippen molar-refractivity contribution in [2.75, 3.05) is 11.3 Å². The van der Waals surface area contributed by atoms with Gasteiger partial charge in [0.2, 0.25) is 0 Å². The second-order valence-corrected chi connectivity index (χ2v) is 9.22. The summed E-state index contributed by atoms with van der Waals surface area (Å²) >= 11 is 5.96. The third kappa shape index (κ3) is 5.01. The predicted octanol–water partition coefficient (Wildman–Crippen LogP) is 3.28. The number of amides is 1. The number of fused-ring (bicyclic) bond motifs is 1. The maximum absolute atomic E-state index is 12.7. The number of sulfonamides is 1. The van der Waals surface area contributed by atoms with Gasteiger partial charge in [-0.25, -0.2) is 13.2 Å². The smallest absolute Gasteiger partial charge is 0.323 e. The summed E-state index contributed by atoms with van der Waals surface area (Å²) in [6.07, 6.45) is 0.640. The van der Waals surface area contributed by atoms with E-state index in [0.29, 0.717) is 40.3 Å². The average molecular weight is 471 g/mol. The van der Waals surface area contributed by atoms with Crippen LogP contribution in [0, 0.1) is 0 Å². The first-order valence-electron chi connectivity index (χ1n) is 9.68. The molecule has 32 heavy (non-hydrogen) atoms. The molecular formula is C22H19ClN4O4S. The standard InChI is InChI=1S/C22H19ClN4O4S/c23-16-3-1-2-14(12-16)10-11-24-21(28)15-4-6-17(7-5-15)27-32(30,31)18-8-9-19-20(13-18)26-22(29)25-19/h1-9,12-13,27H,10-11H2,(H,24,28)(H2,25,26,29). The van der Waals surface area contributed by atoms with Crippen LogP contribution < -0.4 is 15.7 Å². The number of hydrogen-bond acceptors (Lipinski definition) is 4. The van der Waals surface area contributed by atoms with Crippen LogP contribution in [-0.4, -0.2) is 30.8 Å². The lowest BCUT2D eigenvalue weighted by atomic mass is 10.1. The van der Waals surface area contributed by atoms with Crippen molar-refractivity contribution in [1.82, 2.24) is 15.3 Å². The van der Waals surface area contributed by atoms with Crippen molar-refractivity contribution in [3.05, 3.63) is 93.4 Å². The number of nitrogens with one attached hydrogen (secondary N) is 4. The molecule has 1 amide bonds. The molecule has 0 spiro atoms. The molecule has 4 rings (SSSR count). The number of benzene rings is 3. The van der Waals surface area contributed by atoms with Crippen LogP contribution in [0.3, 0.4) is 0 Å². The van der Waals surface area contributed by atoms with Gasteiger partial charge in [-0.05, 0) is 66.6 Å². The number of hydrogen-bond donors (Lipinski definition) is 4. The second-order valence-electron chi connectivity index (χ2n) is 7.11. The molecule has 0 radical (unpaired) electrons. The number of carbonyl (C=O) groups excluding carboxylic acids is 1. The highest BCUT2D eigenvalue weighted by Gasteiger charge is 2.16. The maximum atomic E-state index is 12.7. The summed E-state index contributed by atoms with van der Waals surface area (Å²) in [4.78, 5) is 28.8. The summed E-state index contributed by atoms with van der Waals surface area (Å²) in [6, 6.07) is 17.8. The highest BCUT2D eigenvalue weighted by Crippen LogP contribution is 2.19. The summed E-state index contributed by atoms with van der Waals surface area (Å²) in [7, 11) is -3.87. The number of imidazole rings is 1. The van der Waals surface area contributed by atoms with Crippen molar-refractivity contribution in [2.24, 2.45) is 0 Å². The Morgan fingerprint density at radius 1 is 0.938 bits per heavy atom. The SMILES string of the molecule is O=C(NCCc1cccc(Cl)c1)c1ccc(NS(=O)(=O)c2ccc3[nH]c(=O)[nH]c3c2)cc1. The van der Waals surface area contributed by atoms with Gasteiger partial charge in [-0.3, -0.25) is 9.52 Å². The summed E-state index contributed by atoms with van der Waals surface area (Å²) in [6.45, 7) is 0.442. The van der Waals surface area contributed by atoms with Gasteiger partial charge < -0.3 is 15.3 Å². The molecule has 0 atom stereocenters. The van der Waals surface area contributed by atoms with Gasteiger partial charge in [0, 0.05) is 22.8 Å². The van der Waals surface area contributed by atoms with Crippen molar-refractivity contribution in [3.8, 4) is 0 Å². The highest BCUT2D eigenvalue weighted by atomic mass is 35.5. The molecule has 1 heterocycles. The van der Waals surface area contributed by atoms with E-state index in [9.17, 15) is 18.0 Å². The third-order valence-electron chi connectivity index (χ3n) is 4.79. The molecule has 0 fully saturated rings. The molecule has 164 valence electrons. The fourth-order valence-corrected chi connectivity index (χ4v) is 4.49. The Labute approximate surface area is 188 Å². The quantitative estimate of drug-likeness (QED) is 0.331. The van der Waals surface area contributed by atoms with E-state index in [2.05, 4.69) is 20.0 Å². The molecule has 0 saturated carbocycles. The van der Waals surface area contributed by atoms with Gasteiger partial charge in [-0.1, -0.05) is 23.7 Å². The number of aromatic nitrogens is 2. The van der Waals surface area contributed by atoms with Crippen molar-refractivity contribution >= 4 is 44.3 Å². The van der Waals surface area contributed by atoms with Crippen LogP contribution in [0.15, 0.2) is 76.4 Å². The van der Waals surface area contributed by atoms with Crippen LogP contribution in [0.2, 0.25) is 5.02 Å². The Morgan fingerprint density at radius 3 is 2.44 bits per heavy atom. The molecule has 4 N–H and O–H groups in total. The van der Waals surface area contributed by atoms with E-state index in [1.807, 2.05) is 18.2 Å². The zero-order valence-corrected chi connectivity index (χ0v) is 18.3. The first kappa shape index (κ1) is 21.7. The maximum Gasteiger partial charge on any atom is 0.323 e. The summed E-state index contributed by atoms with van der Waals surface area (Å²) in [5.41, 5.74) is 2.23. The van der Waals surface area contributed by atoms with Gasteiger partial charge >= 0.3 is 5.69 Å². The molecule has 0 unspecified atom stereocenters. The minimum absolute atomic E-state index is 0.00286. The van der Waals surface area contributed by atoms with Gasteiger partial charge in [0.15, 0.2) is 0 Å². The number of anilines is 1. The van der Waals surface area contributed by atoms with E-state index in [1.54, 1.807) is 18.2 Å². The number of aromatic amines is 2. The number of H-pyrrole nitrogens is 2. The Bertz CT molecular complexity index is 1440. The molecule has 0 saturated heterocycles. The van der Waals surface area contributed by atoms with E-state index in [1.165, 1.54) is 30.3 Å². The predicted molar refractivity (Wildman–Crippen MR) is 124 cm³/mol. The Morgan fingerprint density at radius 2 is 1.69 bits per heavy atom. The molecule has 4 aromatic rings. The van der Waals surface area contributed by atoms with Crippen molar-refractivity contribution < 1.29 is 13.2 Å². The van der Waals surface area contributed by atoms with Crippen LogP contribution in [0.4, 0.5) is 5.69 Å². The minimum atomic E-state index is -3.87. The minimum Gasteiger partial charge on any atom is -0.352 e. The lowest BCUT2D eigenvalue weighted by Crippen LogP contribution is -2.25. The number of halogens is 1. The summed E-state index contributed by atoms with van der Waals surface area (Å²) < 4.78 is 27.8. The summed E-state index contributed by atoms with van der Waals surface area (Å²) in [5.74, 6) is -0.261. The van der Waals surface area contributed by atoms with Crippen LogP contribution >= 0.6 is 11.6 Å². The Balaban J connectivity index is 1.38. The zero-order chi connectivity index (χ0) is 22.7. The Kier molecular flexibility index (Phi) is 6.02. The van der Waals surface area contributed by atoms with Crippen molar-refractivity contribution in [2.45, 2.75) is 11.3 Å². The molecule has 0 bridgehead atoms. The van der Waals surface area contributed by atoms with Gasteiger partial charge in [0.1, 0.15) is 0 Å². The lowest BCUT2D eigenvalue weighted by molar-refractivity contribution is 0.0954. The van der Waals surface area contributed by atoms with E-state index in [4.69, 9.17) is 11.6 Å². The lowest BCUT2D eigenvalue weighted by Gasteiger charge is -2.10. The van der Waals surface area contributed by atoms with Gasteiger partial charge in [0.25, 0.3) is 15.9 Å². The van der Waals surface area contributed by atoms with Gasteiger partial charge in [0.05, 0.1) is 15.9 Å². The van der Waals surface area contributed by atoms with E-state index in [-0.39, 0.29) is 10.8 Å². The topological polar surface area (TPSA) is 124 Å². The van der Waals surface area contributed by atoms with Crippen LogP contribution in [-0.2, 0) is 16.4 Å². The van der Waals surface area contributed by atoms with Crippen LogP contribution in [0.5, 0.6) is 0 Å². The Hall–Kier alpha value is -3.56. The van der Waals surface area contributed by atoms with Gasteiger partial charge in [-0.15, -0.1) is 0 Å². The van der Waals surface area contributed by atoms with E-state index >= 15 is 0 Å². The second kappa shape index (κ2) is 8.89. The molecule has 8 nitrogen and oxygen atoms in total. The molecule has 3 aromatic carbocycles. The van der Waals surface area contributed by atoms with Crippen molar-refractivity contribution in [3.63, 3.8) is 0 Å². The fraction of sp³-hybridized carbons (Fsp3) is 0.0909. The molecule has 0 aliphatic rings. The molecule has 0 aliphatic heterocycles. The normalized spacial score (nSPS) is 11.4. The van der Waals surface area contributed by atoms with Crippen LogP contribution in [0.1, 0.15) is 15.9 Å². The van der Waals surface area contributed by atoms with Crippen LogP contribution in [0.25, 0.3) is 11.0 Å². The largest absolute Gasteiger partial charge is 0.352 e. The summed E-state index contributed by atoms with van der Waals surface area (Å²) in [5, 5.41) is 3.47. The first-order chi connectivity index (χ1) is 15.3. The monoisotopic (exact) mass is 470 g/mol. The molecular weight excluding hydrogens is 452 g/mol. The molecule has 1 aromatic heterocycles. The average Bonchev–Trinajstić information content (AvgIpc) is 3.13. The fourth-order valence-electron chi connectivity index (χ4n) is 3.20. The van der Waals surface area contributed by atoms with Gasteiger partial charge in [-0.2, -0.15) is 0 Å². The third-order valence-corrected chi connectivity index (χ3v) is 6.40. The molecule has 10 heteroatoms. The number of carbonyl (C=O) groups is 1. The first-order valence-corrected chi connectivity index (χ1v) is 11.5. The van der Waals surface area contributed by atoms with E-state index < -0.39 is 15.7 Å². The van der Waals surface area contributed by atoms with Crippen molar-refractivity contribution in [1.29, 1.82) is 0 Å². The highest BCUT2D eigenvalue weighted by molar-refractivity contribution is 7.92. The zero-order valence-electron chi connectivity index (χ0n) is 16.7. The number of rotatable bonds is 7. The van der Waals surface area contributed by atoms with E-state index in [0.717, 1.165) is 5.56 Å². The molecule has 0 aliphatic carbocycles.